The summed E-state index contributed by atoms with van der Waals surface area (Å²) in [5.74, 6) is 2.45. The van der Waals surface area contributed by atoms with Gasteiger partial charge < -0.3 is 10.1 Å². The molecule has 5 rings (SSSR count). The third-order valence-corrected chi connectivity index (χ3v) is 6.43. The predicted octanol–water partition coefficient (Wildman–Crippen LogP) is 5.49. The number of methoxy groups -OCH3 is 1. The Hall–Kier alpha value is -3.55. The summed E-state index contributed by atoms with van der Waals surface area (Å²) in [5.41, 5.74) is 3.02. The summed E-state index contributed by atoms with van der Waals surface area (Å²) in [7, 11) is 3.76. The van der Waals surface area contributed by atoms with Crippen LogP contribution in [0.3, 0.4) is 0 Å². The first-order valence-corrected chi connectivity index (χ1v) is 11.7. The van der Waals surface area contributed by atoms with E-state index in [0.29, 0.717) is 6.54 Å². The van der Waals surface area contributed by atoms with E-state index in [4.69, 9.17) is 14.7 Å². The number of fused-ring (bicyclic) bond motifs is 2. The lowest BCUT2D eigenvalue weighted by Gasteiger charge is -2.19. The Kier molecular flexibility index (Phi) is 6.15. The summed E-state index contributed by atoms with van der Waals surface area (Å²) in [6.45, 7) is 2.13. The molecular weight excluding hydrogens is 430 g/mol. The van der Waals surface area contributed by atoms with E-state index in [-0.39, 0.29) is 0 Å². The van der Waals surface area contributed by atoms with Crippen LogP contribution in [0.4, 0.5) is 5.82 Å². The van der Waals surface area contributed by atoms with Crippen LogP contribution in [0.2, 0.25) is 0 Å². The number of ether oxygens (including phenoxy) is 1. The van der Waals surface area contributed by atoms with Crippen molar-refractivity contribution in [3.05, 3.63) is 88.5 Å². The van der Waals surface area contributed by atoms with Gasteiger partial charge in [-0.3, -0.25) is 9.88 Å². The highest BCUT2D eigenvalue weighted by Gasteiger charge is 2.13. The molecule has 1 N–H and O–H groups in total. The quantitative estimate of drug-likeness (QED) is 0.334. The summed E-state index contributed by atoms with van der Waals surface area (Å²) in [4.78, 5) is 17.7. The van der Waals surface area contributed by atoms with E-state index in [2.05, 4.69) is 58.0 Å². The Morgan fingerprint density at radius 3 is 2.67 bits per heavy atom. The maximum atomic E-state index is 5.48. The van der Waals surface area contributed by atoms with E-state index in [1.165, 1.54) is 10.4 Å². The molecule has 0 fully saturated rings. The van der Waals surface area contributed by atoms with Crippen molar-refractivity contribution >= 4 is 39.0 Å². The van der Waals surface area contributed by atoms with Crippen LogP contribution < -0.4 is 10.1 Å². The van der Waals surface area contributed by atoms with E-state index in [1.54, 1.807) is 24.6 Å². The lowest BCUT2D eigenvalue weighted by Crippen LogP contribution is -2.19. The summed E-state index contributed by atoms with van der Waals surface area (Å²) in [6, 6.07) is 20.5. The number of hydrogen-bond acceptors (Lipinski definition) is 7. The van der Waals surface area contributed by atoms with Crippen molar-refractivity contribution in [2.45, 2.75) is 19.6 Å². The highest BCUT2D eigenvalue weighted by atomic mass is 32.1. The molecule has 5 aromatic rings. The highest BCUT2D eigenvalue weighted by Crippen LogP contribution is 2.27. The largest absolute Gasteiger partial charge is 0.494 e. The van der Waals surface area contributed by atoms with Crippen LogP contribution in [0.25, 0.3) is 21.8 Å². The van der Waals surface area contributed by atoms with Crippen molar-refractivity contribution in [1.29, 1.82) is 0 Å². The standard InChI is InChI=1S/C26H25N5OS/c1-31(16-18-11-12-23(32-2)25-20(18)9-5-13-27-25)17-24-29-22-10-4-3-8-21(22)26(30-24)28-15-19-7-6-14-33-19/h3-14H,15-17H2,1-2H3,(H,28,29,30). The Morgan fingerprint density at radius 2 is 1.82 bits per heavy atom. The average molecular weight is 456 g/mol. The third-order valence-electron chi connectivity index (χ3n) is 5.55. The van der Waals surface area contributed by atoms with Crippen molar-refractivity contribution < 1.29 is 4.74 Å². The number of thiophene rings is 1. The Bertz CT molecular complexity index is 1390. The van der Waals surface area contributed by atoms with E-state index < -0.39 is 0 Å². The molecular formula is C26H25N5OS. The van der Waals surface area contributed by atoms with Crippen molar-refractivity contribution in [2.24, 2.45) is 0 Å². The van der Waals surface area contributed by atoms with Gasteiger partial charge in [0.15, 0.2) is 0 Å². The first-order valence-electron chi connectivity index (χ1n) is 10.8. The van der Waals surface area contributed by atoms with E-state index >= 15 is 0 Å². The Morgan fingerprint density at radius 1 is 0.939 bits per heavy atom. The lowest BCUT2D eigenvalue weighted by molar-refractivity contribution is 0.312. The molecule has 33 heavy (non-hydrogen) atoms. The molecule has 0 bridgehead atoms. The molecule has 2 aromatic carbocycles. The second kappa shape index (κ2) is 9.52. The monoisotopic (exact) mass is 455 g/mol. The van der Waals surface area contributed by atoms with Gasteiger partial charge in [-0.05, 0) is 48.3 Å². The van der Waals surface area contributed by atoms with Crippen LogP contribution in [0.15, 0.2) is 72.2 Å². The number of benzene rings is 2. The van der Waals surface area contributed by atoms with Crippen LogP contribution >= 0.6 is 11.3 Å². The van der Waals surface area contributed by atoms with Gasteiger partial charge in [-0.25, -0.2) is 9.97 Å². The van der Waals surface area contributed by atoms with Crippen molar-refractivity contribution in [1.82, 2.24) is 19.9 Å². The van der Waals surface area contributed by atoms with E-state index in [9.17, 15) is 0 Å². The van der Waals surface area contributed by atoms with Crippen LogP contribution in [0, 0.1) is 0 Å². The average Bonchev–Trinajstić information content (AvgIpc) is 3.36. The molecule has 6 nitrogen and oxygen atoms in total. The number of para-hydroxylation sites is 1. The molecule has 0 aliphatic rings. The molecule has 0 amide bonds. The van der Waals surface area contributed by atoms with Crippen LogP contribution in [0.5, 0.6) is 5.75 Å². The fraction of sp³-hybridized carbons (Fsp3) is 0.192. The molecule has 166 valence electrons. The highest BCUT2D eigenvalue weighted by molar-refractivity contribution is 7.09. The number of anilines is 1. The molecule has 0 aliphatic heterocycles. The molecule has 3 aromatic heterocycles. The molecule has 3 heterocycles. The zero-order chi connectivity index (χ0) is 22.6. The number of hydrogen-bond donors (Lipinski definition) is 1. The maximum absolute atomic E-state index is 5.48. The molecule has 0 saturated heterocycles. The summed E-state index contributed by atoms with van der Waals surface area (Å²) in [6.07, 6.45) is 1.80. The maximum Gasteiger partial charge on any atom is 0.145 e. The van der Waals surface area contributed by atoms with Crippen LogP contribution in [0.1, 0.15) is 16.3 Å². The van der Waals surface area contributed by atoms with E-state index in [1.807, 2.05) is 30.3 Å². The number of nitrogens with zero attached hydrogens (tertiary/aromatic N) is 4. The minimum absolute atomic E-state index is 0.631. The number of aromatic nitrogens is 3. The van der Waals surface area contributed by atoms with Crippen LogP contribution in [-0.2, 0) is 19.6 Å². The topological polar surface area (TPSA) is 63.2 Å². The van der Waals surface area contributed by atoms with Crippen molar-refractivity contribution in [3.63, 3.8) is 0 Å². The zero-order valence-corrected chi connectivity index (χ0v) is 19.5. The van der Waals surface area contributed by atoms with Gasteiger partial charge in [-0.2, -0.15) is 0 Å². The SMILES string of the molecule is COc1ccc(CN(C)Cc2nc(NCc3cccs3)c3ccccc3n2)c2cccnc12. The molecule has 0 unspecified atom stereocenters. The van der Waals surface area contributed by atoms with Gasteiger partial charge in [0.25, 0.3) is 0 Å². The number of pyridine rings is 1. The smallest absolute Gasteiger partial charge is 0.145 e. The summed E-state index contributed by atoms with van der Waals surface area (Å²) >= 11 is 1.74. The summed E-state index contributed by atoms with van der Waals surface area (Å²) < 4.78 is 5.48. The molecule has 0 spiro atoms. The first kappa shape index (κ1) is 21.3. The van der Waals surface area contributed by atoms with Crippen molar-refractivity contribution in [2.75, 3.05) is 19.5 Å². The second-order valence-electron chi connectivity index (χ2n) is 7.94. The predicted molar refractivity (Wildman–Crippen MR) is 135 cm³/mol. The molecule has 7 heteroatoms. The minimum Gasteiger partial charge on any atom is -0.494 e. The minimum atomic E-state index is 0.631. The van der Waals surface area contributed by atoms with Gasteiger partial charge in [-0.1, -0.05) is 30.3 Å². The molecule has 0 aliphatic carbocycles. The lowest BCUT2D eigenvalue weighted by atomic mass is 10.1. The number of nitrogens with one attached hydrogen (secondary N) is 1. The first-order chi connectivity index (χ1) is 16.2. The van der Waals surface area contributed by atoms with Gasteiger partial charge in [0.1, 0.15) is 22.9 Å². The number of rotatable bonds is 8. The van der Waals surface area contributed by atoms with Gasteiger partial charge in [0.05, 0.1) is 25.7 Å². The van der Waals surface area contributed by atoms with Crippen LogP contribution in [-0.4, -0.2) is 34.0 Å². The molecule has 0 saturated carbocycles. The fourth-order valence-electron chi connectivity index (χ4n) is 4.01. The normalized spacial score (nSPS) is 11.4. The van der Waals surface area contributed by atoms with Gasteiger partial charge in [-0.15, -0.1) is 11.3 Å². The van der Waals surface area contributed by atoms with Gasteiger partial charge >= 0.3 is 0 Å². The second-order valence-corrected chi connectivity index (χ2v) is 8.97. The summed E-state index contributed by atoms with van der Waals surface area (Å²) in [5, 5.41) is 7.73. The third kappa shape index (κ3) is 4.65. The van der Waals surface area contributed by atoms with Gasteiger partial charge in [0, 0.05) is 28.4 Å². The van der Waals surface area contributed by atoms with E-state index in [0.717, 1.165) is 52.3 Å². The van der Waals surface area contributed by atoms with Crippen molar-refractivity contribution in [3.8, 4) is 5.75 Å². The Balaban J connectivity index is 1.39. The molecule has 0 atom stereocenters. The molecule has 0 radical (unpaired) electrons. The Labute approximate surface area is 196 Å². The van der Waals surface area contributed by atoms with Gasteiger partial charge in [0.2, 0.25) is 0 Å². The zero-order valence-electron chi connectivity index (χ0n) is 18.7. The fourth-order valence-corrected chi connectivity index (χ4v) is 4.66.